The van der Waals surface area contributed by atoms with E-state index in [1.807, 2.05) is 41.5 Å². The SMILES string of the molecule is CCOC(=O)C(CC(=O)CCCCC(=O)NC(CC(C)C)C(=O)O[C@H]1COC2C1OC[C@H]2OC(=O)C(CC(=O)CCCCC(C)=O)CC(C)C)CC(C)C. The number of carbonyl (C=O) groups excluding carboxylic acids is 7. The number of amides is 1. The second-order valence-electron chi connectivity index (χ2n) is 16.3. The molecule has 2 heterocycles. The molecule has 2 rings (SSSR count). The zero-order valence-corrected chi connectivity index (χ0v) is 34.0. The summed E-state index contributed by atoms with van der Waals surface area (Å²) >= 11 is 0. The number of Topliss-reactive ketones (excluding diaryl/α,β-unsaturated/α-hetero) is 3. The first kappa shape index (κ1) is 47.0. The second kappa shape index (κ2) is 24.3. The molecule has 2 aliphatic heterocycles. The van der Waals surface area contributed by atoms with E-state index in [2.05, 4.69) is 5.32 Å². The van der Waals surface area contributed by atoms with Crippen molar-refractivity contribution >= 4 is 41.2 Å². The third-order valence-electron chi connectivity index (χ3n) is 9.58. The van der Waals surface area contributed by atoms with Gasteiger partial charge in [0.25, 0.3) is 0 Å². The molecule has 13 nitrogen and oxygen atoms in total. The lowest BCUT2D eigenvalue weighted by Gasteiger charge is -2.23. The molecule has 0 spiro atoms. The maximum absolute atomic E-state index is 13.4. The van der Waals surface area contributed by atoms with Crippen LogP contribution in [0, 0.1) is 29.6 Å². The molecule has 2 aliphatic rings. The molecule has 7 atom stereocenters. The molecular weight excluding hydrogens is 698 g/mol. The summed E-state index contributed by atoms with van der Waals surface area (Å²) in [6.45, 7) is 15.4. The Labute approximate surface area is 322 Å². The van der Waals surface area contributed by atoms with Gasteiger partial charge in [-0.25, -0.2) is 4.79 Å². The minimum absolute atomic E-state index is 0.0356. The molecule has 5 unspecified atom stereocenters. The van der Waals surface area contributed by atoms with Crippen molar-refractivity contribution in [3.8, 4) is 0 Å². The number of rotatable bonds is 27. The number of carbonyl (C=O) groups is 7. The molecule has 0 aromatic heterocycles. The summed E-state index contributed by atoms with van der Waals surface area (Å²) < 4.78 is 28.6. The van der Waals surface area contributed by atoms with Gasteiger partial charge in [0.05, 0.1) is 31.7 Å². The number of esters is 3. The molecule has 54 heavy (non-hydrogen) atoms. The van der Waals surface area contributed by atoms with Crippen molar-refractivity contribution in [2.24, 2.45) is 29.6 Å². The molecular formula is C41H67NO12. The Kier molecular flexibility index (Phi) is 21.2. The third-order valence-corrected chi connectivity index (χ3v) is 9.58. The minimum atomic E-state index is -0.897. The van der Waals surface area contributed by atoms with Crippen molar-refractivity contribution in [1.29, 1.82) is 0 Å². The molecule has 13 heteroatoms. The van der Waals surface area contributed by atoms with E-state index in [1.165, 1.54) is 6.92 Å². The van der Waals surface area contributed by atoms with Crippen molar-refractivity contribution < 1.29 is 57.2 Å². The first-order chi connectivity index (χ1) is 25.5. The molecule has 1 amide bonds. The van der Waals surface area contributed by atoms with Crippen LogP contribution in [0.25, 0.3) is 0 Å². The van der Waals surface area contributed by atoms with E-state index in [4.69, 9.17) is 23.7 Å². The maximum atomic E-state index is 13.4. The van der Waals surface area contributed by atoms with Crippen LogP contribution in [0.2, 0.25) is 0 Å². The van der Waals surface area contributed by atoms with Crippen LogP contribution in [0.15, 0.2) is 0 Å². The first-order valence-corrected chi connectivity index (χ1v) is 20.1. The predicted octanol–water partition coefficient (Wildman–Crippen LogP) is 5.65. The fraction of sp³-hybridized carbons (Fsp3) is 0.829. The summed E-state index contributed by atoms with van der Waals surface area (Å²) in [5.74, 6) is -2.38. The largest absolute Gasteiger partial charge is 0.466 e. The fourth-order valence-electron chi connectivity index (χ4n) is 7.04. The third kappa shape index (κ3) is 17.5. The van der Waals surface area contributed by atoms with Gasteiger partial charge < -0.3 is 33.8 Å². The van der Waals surface area contributed by atoms with Crippen molar-refractivity contribution in [1.82, 2.24) is 5.32 Å². The second-order valence-corrected chi connectivity index (χ2v) is 16.3. The summed E-state index contributed by atoms with van der Waals surface area (Å²) in [6.07, 6.45) is 2.07. The average molecular weight is 766 g/mol. The molecule has 1 N–H and O–H groups in total. The summed E-state index contributed by atoms with van der Waals surface area (Å²) in [4.78, 5) is 88.4. The molecule has 0 radical (unpaired) electrons. The Hall–Kier alpha value is -3.19. The Bertz CT molecular complexity index is 1250. The van der Waals surface area contributed by atoms with Gasteiger partial charge in [-0.3, -0.25) is 24.0 Å². The minimum Gasteiger partial charge on any atom is -0.466 e. The van der Waals surface area contributed by atoms with Gasteiger partial charge in [-0.1, -0.05) is 41.5 Å². The van der Waals surface area contributed by atoms with Crippen molar-refractivity contribution in [3.63, 3.8) is 0 Å². The predicted molar refractivity (Wildman–Crippen MR) is 200 cm³/mol. The Morgan fingerprint density at radius 2 is 1.06 bits per heavy atom. The average Bonchev–Trinajstić information content (AvgIpc) is 3.66. The number of fused-ring (bicyclic) bond motifs is 1. The van der Waals surface area contributed by atoms with Crippen LogP contribution >= 0.6 is 0 Å². The van der Waals surface area contributed by atoms with Crippen LogP contribution in [0.3, 0.4) is 0 Å². The number of hydrogen-bond acceptors (Lipinski definition) is 12. The monoisotopic (exact) mass is 765 g/mol. The van der Waals surface area contributed by atoms with E-state index >= 15 is 0 Å². The number of ketones is 3. The molecule has 0 aliphatic carbocycles. The van der Waals surface area contributed by atoms with Crippen LogP contribution in [0.4, 0.5) is 0 Å². The summed E-state index contributed by atoms with van der Waals surface area (Å²) in [6, 6.07) is -0.897. The quantitative estimate of drug-likeness (QED) is 0.0618. The highest BCUT2D eigenvalue weighted by molar-refractivity contribution is 5.86. The van der Waals surface area contributed by atoms with Crippen molar-refractivity contribution in [2.75, 3.05) is 19.8 Å². The Morgan fingerprint density at radius 3 is 1.52 bits per heavy atom. The van der Waals surface area contributed by atoms with Crippen LogP contribution in [0.5, 0.6) is 0 Å². The molecule has 0 bridgehead atoms. The van der Waals surface area contributed by atoms with Crippen molar-refractivity contribution in [2.45, 2.75) is 169 Å². The van der Waals surface area contributed by atoms with Gasteiger partial charge in [0.1, 0.15) is 35.6 Å². The van der Waals surface area contributed by atoms with Crippen LogP contribution in [0.1, 0.15) is 139 Å². The van der Waals surface area contributed by atoms with E-state index < -0.39 is 54.2 Å². The van der Waals surface area contributed by atoms with E-state index in [0.29, 0.717) is 57.8 Å². The highest BCUT2D eigenvalue weighted by Crippen LogP contribution is 2.32. The van der Waals surface area contributed by atoms with Crippen LogP contribution in [-0.2, 0) is 57.2 Å². The molecule has 0 aromatic rings. The lowest BCUT2D eigenvalue weighted by Crippen LogP contribution is -2.45. The van der Waals surface area contributed by atoms with Crippen LogP contribution < -0.4 is 5.32 Å². The first-order valence-electron chi connectivity index (χ1n) is 20.1. The highest BCUT2D eigenvalue weighted by Gasteiger charge is 2.52. The fourth-order valence-corrected chi connectivity index (χ4v) is 7.04. The molecule has 308 valence electrons. The highest BCUT2D eigenvalue weighted by atomic mass is 16.7. The maximum Gasteiger partial charge on any atom is 0.329 e. The number of ether oxygens (including phenoxy) is 5. The van der Waals surface area contributed by atoms with Gasteiger partial charge in [0, 0.05) is 38.5 Å². The number of nitrogens with one attached hydrogen (secondary N) is 1. The molecule has 0 aromatic carbocycles. The summed E-state index contributed by atoms with van der Waals surface area (Å²) in [7, 11) is 0. The van der Waals surface area contributed by atoms with Gasteiger partial charge in [-0.05, 0) is 76.5 Å². The normalized spacial score (nSPS) is 21.0. The standard InChI is InChI=1S/C41H67NO12/c1-9-50-39(47)29(18-25(2)3)21-31(44)16-12-13-17-36(46)42-33(20-27(6)7)41(49)54-35-24-52-37-34(23-51-38(35)37)53-40(48)30(19-26(4)5)22-32(45)15-11-10-14-28(8)43/h25-27,29-30,33-35,37-38H,9-24H2,1-8H3,(H,42,46)/t29?,30?,33?,34-,35+,37?,38?/m1/s1. The van der Waals surface area contributed by atoms with E-state index in [1.54, 1.807) is 6.92 Å². The van der Waals surface area contributed by atoms with E-state index in [0.717, 1.165) is 0 Å². The Morgan fingerprint density at radius 1 is 0.611 bits per heavy atom. The molecule has 2 fully saturated rings. The molecule has 0 saturated carbocycles. The number of unbranched alkanes of at least 4 members (excludes halogenated alkanes) is 2. The van der Waals surface area contributed by atoms with Crippen molar-refractivity contribution in [3.05, 3.63) is 0 Å². The Balaban J connectivity index is 1.87. The van der Waals surface area contributed by atoms with E-state index in [-0.39, 0.29) is 92.5 Å². The smallest absolute Gasteiger partial charge is 0.329 e. The van der Waals surface area contributed by atoms with Gasteiger partial charge in [0.15, 0.2) is 12.2 Å². The van der Waals surface area contributed by atoms with Gasteiger partial charge >= 0.3 is 17.9 Å². The zero-order chi connectivity index (χ0) is 40.4. The summed E-state index contributed by atoms with van der Waals surface area (Å²) in [5, 5.41) is 2.80. The van der Waals surface area contributed by atoms with Gasteiger partial charge in [-0.15, -0.1) is 0 Å². The van der Waals surface area contributed by atoms with Gasteiger partial charge in [0.2, 0.25) is 5.91 Å². The summed E-state index contributed by atoms with van der Waals surface area (Å²) in [5.41, 5.74) is 0. The van der Waals surface area contributed by atoms with Crippen LogP contribution in [-0.4, -0.2) is 91.4 Å². The number of hydrogen-bond donors (Lipinski definition) is 1. The lowest BCUT2D eigenvalue weighted by molar-refractivity contribution is -0.161. The topological polar surface area (TPSA) is 178 Å². The zero-order valence-electron chi connectivity index (χ0n) is 34.0. The van der Waals surface area contributed by atoms with E-state index in [9.17, 15) is 33.6 Å². The van der Waals surface area contributed by atoms with Gasteiger partial charge in [-0.2, -0.15) is 0 Å². The lowest BCUT2D eigenvalue weighted by atomic mass is 9.91. The molecule has 2 saturated heterocycles.